The normalized spacial score (nSPS) is 15.8. The third kappa shape index (κ3) is 3.76. The molecule has 1 aromatic carbocycles. The van der Waals surface area contributed by atoms with Gasteiger partial charge < -0.3 is 0 Å². The molecule has 1 N–H and O–H groups in total. The molecule has 0 atom stereocenters. The lowest BCUT2D eigenvalue weighted by molar-refractivity contribution is -0.127. The Morgan fingerprint density at radius 2 is 2.00 bits per heavy atom. The molecule has 2 aromatic rings. The molecule has 6 heteroatoms. The number of nitrogens with zero attached hydrogens (tertiary/aromatic N) is 2. The van der Waals surface area contributed by atoms with Gasteiger partial charge in [-0.15, -0.1) is 5.17 Å². The van der Waals surface area contributed by atoms with E-state index in [4.69, 9.17) is 0 Å². The summed E-state index contributed by atoms with van der Waals surface area (Å²) < 4.78 is 15.2. The van der Waals surface area contributed by atoms with Crippen molar-refractivity contribution in [2.24, 2.45) is 5.41 Å². The van der Waals surface area contributed by atoms with Gasteiger partial charge in [0.25, 0.3) is 5.91 Å². The van der Waals surface area contributed by atoms with Crippen LogP contribution in [0.3, 0.4) is 0 Å². The summed E-state index contributed by atoms with van der Waals surface area (Å²) in [7, 11) is 0. The van der Waals surface area contributed by atoms with Crippen molar-refractivity contribution >= 4 is 22.6 Å². The van der Waals surface area contributed by atoms with E-state index >= 15 is 0 Å². The minimum atomic E-state index is -0.449. The number of carbonyl (C=O) groups is 2. The van der Waals surface area contributed by atoms with Crippen LogP contribution in [0.4, 0.5) is 4.39 Å². The molecular formula is C21H27FN2O3. The van der Waals surface area contributed by atoms with Gasteiger partial charge in [-0.05, 0) is 36.5 Å². The van der Waals surface area contributed by atoms with Crippen LogP contribution in [0.1, 0.15) is 75.3 Å². The van der Waals surface area contributed by atoms with Crippen molar-refractivity contribution in [3.8, 4) is 0 Å². The monoisotopic (exact) mass is 374 g/mol. The van der Waals surface area contributed by atoms with E-state index in [1.54, 1.807) is 0 Å². The molecule has 27 heavy (non-hydrogen) atoms. The average molecular weight is 374 g/mol. The summed E-state index contributed by atoms with van der Waals surface area (Å²) in [6.45, 7) is 6.05. The van der Waals surface area contributed by atoms with Crippen molar-refractivity contribution < 1.29 is 19.2 Å². The molecule has 0 saturated carbocycles. The number of ketones is 1. The Hall–Kier alpha value is -2.21. The number of hydrogen-bond donors (Lipinski definition) is 1. The predicted octanol–water partition coefficient (Wildman–Crippen LogP) is 4.76. The van der Waals surface area contributed by atoms with Crippen LogP contribution in [0.5, 0.6) is 0 Å². The van der Waals surface area contributed by atoms with Crippen molar-refractivity contribution in [2.75, 3.05) is 5.17 Å². The highest BCUT2D eigenvalue weighted by atomic mass is 19.1. The first kappa shape index (κ1) is 19.5. The molecule has 0 radical (unpaired) electrons. The van der Waals surface area contributed by atoms with Crippen molar-refractivity contribution in [3.63, 3.8) is 0 Å². The van der Waals surface area contributed by atoms with Gasteiger partial charge in [0.2, 0.25) is 0 Å². The third-order valence-corrected chi connectivity index (χ3v) is 5.22. The molecule has 1 aliphatic carbocycles. The maximum Gasteiger partial charge on any atom is 0.267 e. The number of fused-ring (bicyclic) bond motifs is 3. The molecule has 146 valence electrons. The van der Waals surface area contributed by atoms with E-state index in [1.807, 2.05) is 13.8 Å². The Morgan fingerprint density at radius 3 is 2.70 bits per heavy atom. The molecule has 0 spiro atoms. The fourth-order valence-electron chi connectivity index (χ4n) is 3.94. The second-order valence-electron chi connectivity index (χ2n) is 8.23. The molecule has 3 rings (SSSR count). The summed E-state index contributed by atoms with van der Waals surface area (Å²) in [5.74, 6) is -0.958. The number of carbonyl (C=O) groups excluding carboxylic acids is 2. The number of halogens is 1. The maximum atomic E-state index is 13.8. The highest BCUT2D eigenvalue weighted by Crippen LogP contribution is 2.40. The summed E-state index contributed by atoms with van der Waals surface area (Å²) >= 11 is 0. The summed E-state index contributed by atoms with van der Waals surface area (Å²) in [6.07, 6.45) is 4.83. The van der Waals surface area contributed by atoms with E-state index < -0.39 is 11.7 Å². The van der Waals surface area contributed by atoms with Gasteiger partial charge in [-0.25, -0.2) is 9.07 Å². The van der Waals surface area contributed by atoms with E-state index in [9.17, 15) is 19.2 Å². The zero-order chi connectivity index (χ0) is 19.8. The highest BCUT2D eigenvalue weighted by molar-refractivity contribution is 6.11. The summed E-state index contributed by atoms with van der Waals surface area (Å²) in [5.41, 5.74) is 1.17. The van der Waals surface area contributed by atoms with E-state index in [2.05, 4.69) is 6.92 Å². The summed E-state index contributed by atoms with van der Waals surface area (Å²) in [6, 6.07) is 4.09. The Kier molecular flexibility index (Phi) is 5.38. The van der Waals surface area contributed by atoms with E-state index in [-0.39, 0.29) is 17.6 Å². The number of unbranched alkanes of at least 4 members (excludes halogenated alkanes) is 3. The lowest BCUT2D eigenvalue weighted by Gasteiger charge is -2.31. The Balaban J connectivity index is 2.04. The van der Waals surface area contributed by atoms with Crippen molar-refractivity contribution in [2.45, 2.75) is 65.7 Å². The molecule has 1 amide bonds. The molecule has 0 saturated heterocycles. The second-order valence-corrected chi connectivity index (χ2v) is 8.23. The first-order valence-electron chi connectivity index (χ1n) is 9.63. The van der Waals surface area contributed by atoms with Gasteiger partial charge in [-0.2, -0.15) is 0 Å². The first-order valence-corrected chi connectivity index (χ1v) is 9.63. The quantitative estimate of drug-likeness (QED) is 0.450. The van der Waals surface area contributed by atoms with Crippen LogP contribution in [-0.4, -0.2) is 21.6 Å². The standard InChI is InChI=1S/C21H27FN2O3/c1-4-5-6-7-8-19(26)24(27)23-16-10-9-14(22)11-15(16)20-17(23)12-21(2,3)13-18(20)25/h9-11,27H,4-8,12-13H2,1-3H3. The van der Waals surface area contributed by atoms with Crippen LogP contribution < -0.4 is 5.17 Å². The average Bonchev–Trinajstić information content (AvgIpc) is 2.89. The van der Waals surface area contributed by atoms with Gasteiger partial charge in [0.05, 0.1) is 11.2 Å². The van der Waals surface area contributed by atoms with Gasteiger partial charge in [-0.3, -0.25) is 14.8 Å². The van der Waals surface area contributed by atoms with E-state index in [0.29, 0.717) is 46.6 Å². The molecule has 0 unspecified atom stereocenters. The van der Waals surface area contributed by atoms with Crippen LogP contribution in [-0.2, 0) is 11.2 Å². The zero-order valence-corrected chi connectivity index (χ0v) is 16.2. The Bertz CT molecular complexity index is 885. The number of amides is 1. The van der Waals surface area contributed by atoms with Gasteiger partial charge in [0.15, 0.2) is 5.78 Å². The van der Waals surface area contributed by atoms with Gasteiger partial charge in [0, 0.05) is 23.8 Å². The second kappa shape index (κ2) is 7.43. The number of aromatic nitrogens is 1. The minimum Gasteiger partial charge on any atom is -0.294 e. The summed E-state index contributed by atoms with van der Waals surface area (Å²) in [5, 5.41) is 11.7. The molecule has 5 nitrogen and oxygen atoms in total. The molecule has 1 heterocycles. The first-order chi connectivity index (χ1) is 12.7. The topological polar surface area (TPSA) is 62.5 Å². The third-order valence-electron chi connectivity index (χ3n) is 5.22. The zero-order valence-electron chi connectivity index (χ0n) is 16.2. The number of rotatable bonds is 6. The number of benzene rings is 1. The van der Waals surface area contributed by atoms with Gasteiger partial charge in [0.1, 0.15) is 5.82 Å². The maximum absolute atomic E-state index is 13.8. The number of Topliss-reactive ketones (excluding diaryl/α,β-unsaturated/α-hetero) is 1. The molecule has 1 aliphatic rings. The molecular weight excluding hydrogens is 347 g/mol. The van der Waals surface area contributed by atoms with Crippen molar-refractivity contribution in [1.29, 1.82) is 0 Å². The van der Waals surface area contributed by atoms with Crippen molar-refractivity contribution in [3.05, 3.63) is 35.3 Å². The van der Waals surface area contributed by atoms with Crippen LogP contribution in [0.15, 0.2) is 18.2 Å². The number of hydrogen-bond acceptors (Lipinski definition) is 3. The van der Waals surface area contributed by atoms with Crippen LogP contribution in [0, 0.1) is 11.2 Å². The number of hydroxylamine groups is 1. The van der Waals surface area contributed by atoms with Gasteiger partial charge in [-0.1, -0.05) is 40.0 Å². The molecule has 0 bridgehead atoms. The van der Waals surface area contributed by atoms with Crippen molar-refractivity contribution in [1.82, 2.24) is 4.68 Å². The van der Waals surface area contributed by atoms with Crippen LogP contribution in [0.25, 0.3) is 10.9 Å². The Labute approximate surface area is 158 Å². The van der Waals surface area contributed by atoms with Crippen LogP contribution in [0.2, 0.25) is 0 Å². The van der Waals surface area contributed by atoms with E-state index in [1.165, 1.54) is 22.9 Å². The molecule has 0 fully saturated rings. The predicted molar refractivity (Wildman–Crippen MR) is 102 cm³/mol. The smallest absolute Gasteiger partial charge is 0.267 e. The lowest BCUT2D eigenvalue weighted by Crippen LogP contribution is -2.40. The SMILES string of the molecule is CCCCCCC(=O)N(O)n1c2c(c3cc(F)ccc31)C(=O)CC(C)(C)C2. The lowest BCUT2D eigenvalue weighted by atomic mass is 9.76. The van der Waals surface area contributed by atoms with Crippen LogP contribution >= 0.6 is 0 Å². The largest absolute Gasteiger partial charge is 0.294 e. The minimum absolute atomic E-state index is 0.0839. The van der Waals surface area contributed by atoms with E-state index in [0.717, 1.165) is 19.3 Å². The molecule has 0 aliphatic heterocycles. The fourth-order valence-corrected chi connectivity index (χ4v) is 3.94. The highest BCUT2D eigenvalue weighted by Gasteiger charge is 2.37. The molecule has 1 aromatic heterocycles. The van der Waals surface area contributed by atoms with Gasteiger partial charge >= 0.3 is 0 Å². The summed E-state index contributed by atoms with van der Waals surface area (Å²) in [4.78, 5) is 25.3. The fraction of sp³-hybridized carbons (Fsp3) is 0.524. The Morgan fingerprint density at radius 1 is 1.26 bits per heavy atom.